The SMILES string of the molecule is OC(CNCCc1ccc(Cl)s1)CC1CCCC1. The van der Waals surface area contributed by atoms with E-state index in [1.807, 2.05) is 6.07 Å². The number of nitrogens with one attached hydrogen (secondary N) is 1. The van der Waals surface area contributed by atoms with Gasteiger partial charge in [0, 0.05) is 18.0 Å². The third-order valence-electron chi connectivity index (χ3n) is 3.64. The molecule has 18 heavy (non-hydrogen) atoms. The van der Waals surface area contributed by atoms with E-state index in [1.165, 1.54) is 30.6 Å². The molecule has 1 fully saturated rings. The highest BCUT2D eigenvalue weighted by atomic mass is 35.5. The van der Waals surface area contributed by atoms with E-state index in [0.717, 1.165) is 36.2 Å². The topological polar surface area (TPSA) is 32.3 Å². The Morgan fingerprint density at radius 3 is 2.83 bits per heavy atom. The number of hydrogen-bond donors (Lipinski definition) is 2. The lowest BCUT2D eigenvalue weighted by Gasteiger charge is -2.15. The summed E-state index contributed by atoms with van der Waals surface area (Å²) < 4.78 is 0.853. The van der Waals surface area contributed by atoms with E-state index in [4.69, 9.17) is 11.6 Å². The molecule has 1 aliphatic carbocycles. The molecule has 2 rings (SSSR count). The van der Waals surface area contributed by atoms with Crippen LogP contribution in [0.15, 0.2) is 12.1 Å². The van der Waals surface area contributed by atoms with Crippen molar-refractivity contribution in [3.8, 4) is 0 Å². The molecule has 102 valence electrons. The molecule has 1 unspecified atom stereocenters. The van der Waals surface area contributed by atoms with Crippen LogP contribution in [0.25, 0.3) is 0 Å². The van der Waals surface area contributed by atoms with Crippen molar-refractivity contribution in [3.63, 3.8) is 0 Å². The fourth-order valence-corrected chi connectivity index (χ4v) is 3.77. The van der Waals surface area contributed by atoms with Crippen molar-refractivity contribution in [1.29, 1.82) is 0 Å². The zero-order chi connectivity index (χ0) is 12.8. The summed E-state index contributed by atoms with van der Waals surface area (Å²) >= 11 is 7.51. The standard InChI is InChI=1S/C14H22ClNOS/c15-14-6-5-13(18-14)7-8-16-10-12(17)9-11-3-1-2-4-11/h5-6,11-12,16-17H,1-4,7-10H2. The third-order valence-corrected chi connectivity index (χ3v) is 4.93. The number of aliphatic hydroxyl groups is 1. The van der Waals surface area contributed by atoms with Crippen LogP contribution in [-0.2, 0) is 6.42 Å². The normalized spacial score (nSPS) is 18.3. The van der Waals surface area contributed by atoms with Gasteiger partial charge in [0.15, 0.2) is 0 Å². The molecule has 0 saturated heterocycles. The van der Waals surface area contributed by atoms with Gasteiger partial charge in [-0.25, -0.2) is 0 Å². The van der Waals surface area contributed by atoms with Crippen molar-refractivity contribution in [1.82, 2.24) is 5.32 Å². The summed E-state index contributed by atoms with van der Waals surface area (Å²) in [5.41, 5.74) is 0. The summed E-state index contributed by atoms with van der Waals surface area (Å²) in [6.07, 6.45) is 7.11. The quantitative estimate of drug-likeness (QED) is 0.753. The Balaban J connectivity index is 1.54. The minimum absolute atomic E-state index is 0.181. The number of halogens is 1. The predicted octanol–water partition coefficient (Wildman–Crippen LogP) is 3.47. The van der Waals surface area contributed by atoms with Crippen molar-refractivity contribution >= 4 is 22.9 Å². The average Bonchev–Trinajstić information content (AvgIpc) is 2.96. The summed E-state index contributed by atoms with van der Waals surface area (Å²) in [5.74, 6) is 0.762. The smallest absolute Gasteiger partial charge is 0.0931 e. The van der Waals surface area contributed by atoms with Gasteiger partial charge in [-0.3, -0.25) is 0 Å². The van der Waals surface area contributed by atoms with E-state index < -0.39 is 0 Å². The van der Waals surface area contributed by atoms with Crippen LogP contribution in [0.3, 0.4) is 0 Å². The van der Waals surface area contributed by atoms with Crippen molar-refractivity contribution < 1.29 is 5.11 Å². The van der Waals surface area contributed by atoms with E-state index in [0.29, 0.717) is 0 Å². The lowest BCUT2D eigenvalue weighted by molar-refractivity contribution is 0.141. The van der Waals surface area contributed by atoms with E-state index in [-0.39, 0.29) is 6.10 Å². The Morgan fingerprint density at radius 1 is 1.39 bits per heavy atom. The zero-order valence-electron chi connectivity index (χ0n) is 10.7. The second-order valence-electron chi connectivity index (χ2n) is 5.20. The lowest BCUT2D eigenvalue weighted by atomic mass is 10.0. The van der Waals surface area contributed by atoms with Crippen LogP contribution in [0.2, 0.25) is 4.34 Å². The summed E-state index contributed by atoms with van der Waals surface area (Å²) in [6, 6.07) is 4.01. The van der Waals surface area contributed by atoms with E-state index in [9.17, 15) is 5.11 Å². The minimum Gasteiger partial charge on any atom is -0.392 e. The maximum atomic E-state index is 9.93. The highest BCUT2D eigenvalue weighted by Crippen LogP contribution is 2.28. The summed E-state index contributed by atoms with van der Waals surface area (Å²) in [4.78, 5) is 1.30. The molecule has 1 aromatic heterocycles. The second kappa shape index (κ2) is 7.49. The third kappa shape index (κ3) is 4.88. The van der Waals surface area contributed by atoms with Gasteiger partial charge in [-0.2, -0.15) is 0 Å². The number of rotatable bonds is 7. The van der Waals surface area contributed by atoms with Crippen molar-refractivity contribution in [2.75, 3.05) is 13.1 Å². The van der Waals surface area contributed by atoms with Crippen LogP contribution in [-0.4, -0.2) is 24.3 Å². The Morgan fingerprint density at radius 2 is 2.17 bits per heavy atom. The van der Waals surface area contributed by atoms with Crippen LogP contribution in [0, 0.1) is 5.92 Å². The number of hydrogen-bond acceptors (Lipinski definition) is 3. The Labute approximate surface area is 118 Å². The number of aliphatic hydroxyl groups excluding tert-OH is 1. The average molecular weight is 288 g/mol. The Hall–Kier alpha value is -0.0900. The van der Waals surface area contributed by atoms with Gasteiger partial charge in [-0.05, 0) is 30.9 Å². The first-order valence-electron chi connectivity index (χ1n) is 6.87. The van der Waals surface area contributed by atoms with Gasteiger partial charge < -0.3 is 10.4 Å². The maximum absolute atomic E-state index is 9.93. The van der Waals surface area contributed by atoms with Gasteiger partial charge in [-0.1, -0.05) is 37.3 Å². The van der Waals surface area contributed by atoms with E-state index in [2.05, 4.69) is 11.4 Å². The molecule has 0 aliphatic heterocycles. The maximum Gasteiger partial charge on any atom is 0.0931 e. The molecule has 1 atom stereocenters. The molecule has 0 spiro atoms. The molecule has 1 saturated carbocycles. The van der Waals surface area contributed by atoms with Gasteiger partial charge in [0.05, 0.1) is 10.4 Å². The summed E-state index contributed by atoms with van der Waals surface area (Å²) in [6.45, 7) is 1.63. The van der Waals surface area contributed by atoms with Crippen LogP contribution in [0.4, 0.5) is 0 Å². The fourth-order valence-electron chi connectivity index (χ4n) is 2.68. The molecule has 1 aliphatic rings. The molecule has 1 heterocycles. The minimum atomic E-state index is -0.181. The lowest BCUT2D eigenvalue weighted by Crippen LogP contribution is -2.29. The molecule has 0 bridgehead atoms. The molecule has 1 aromatic rings. The van der Waals surface area contributed by atoms with Crippen LogP contribution < -0.4 is 5.32 Å². The van der Waals surface area contributed by atoms with E-state index in [1.54, 1.807) is 11.3 Å². The largest absolute Gasteiger partial charge is 0.392 e. The number of thiophene rings is 1. The first kappa shape index (κ1) is 14.3. The molecular formula is C14H22ClNOS. The second-order valence-corrected chi connectivity index (χ2v) is 7.00. The Bertz CT molecular complexity index is 349. The summed E-state index contributed by atoms with van der Waals surface area (Å²) in [5, 5.41) is 13.3. The van der Waals surface area contributed by atoms with Crippen molar-refractivity contribution in [2.24, 2.45) is 5.92 Å². The van der Waals surface area contributed by atoms with Gasteiger partial charge in [0.2, 0.25) is 0 Å². The van der Waals surface area contributed by atoms with Crippen LogP contribution >= 0.6 is 22.9 Å². The monoisotopic (exact) mass is 287 g/mol. The van der Waals surface area contributed by atoms with Gasteiger partial charge in [-0.15, -0.1) is 11.3 Å². The van der Waals surface area contributed by atoms with Gasteiger partial charge >= 0.3 is 0 Å². The van der Waals surface area contributed by atoms with Crippen LogP contribution in [0.5, 0.6) is 0 Å². The molecular weight excluding hydrogens is 266 g/mol. The molecule has 0 radical (unpaired) electrons. The van der Waals surface area contributed by atoms with E-state index >= 15 is 0 Å². The molecule has 4 heteroatoms. The first-order chi connectivity index (χ1) is 8.74. The van der Waals surface area contributed by atoms with Crippen molar-refractivity contribution in [2.45, 2.75) is 44.6 Å². The summed E-state index contributed by atoms with van der Waals surface area (Å²) in [7, 11) is 0. The molecule has 0 amide bonds. The molecule has 2 N–H and O–H groups in total. The zero-order valence-corrected chi connectivity index (χ0v) is 12.3. The van der Waals surface area contributed by atoms with Gasteiger partial charge in [0.1, 0.15) is 0 Å². The highest BCUT2D eigenvalue weighted by molar-refractivity contribution is 7.16. The Kier molecular flexibility index (Phi) is 5.96. The molecule has 2 nitrogen and oxygen atoms in total. The fraction of sp³-hybridized carbons (Fsp3) is 0.714. The highest BCUT2D eigenvalue weighted by Gasteiger charge is 2.18. The first-order valence-corrected chi connectivity index (χ1v) is 8.06. The van der Waals surface area contributed by atoms with Crippen LogP contribution in [0.1, 0.15) is 37.0 Å². The van der Waals surface area contributed by atoms with Gasteiger partial charge in [0.25, 0.3) is 0 Å². The molecule has 0 aromatic carbocycles. The predicted molar refractivity (Wildman–Crippen MR) is 78.5 cm³/mol. The van der Waals surface area contributed by atoms with Crippen molar-refractivity contribution in [3.05, 3.63) is 21.3 Å².